The van der Waals surface area contributed by atoms with E-state index < -0.39 is 17.7 Å². The number of rotatable bonds is 8. The molecule has 1 atom stereocenters. The zero-order valence-electron chi connectivity index (χ0n) is 19.2. The fourth-order valence-electron chi connectivity index (χ4n) is 4.06. The topological polar surface area (TPSA) is 79.3 Å². The molecule has 32 heavy (non-hydrogen) atoms. The first-order valence-corrected chi connectivity index (χ1v) is 10.5. The summed E-state index contributed by atoms with van der Waals surface area (Å²) in [4.78, 5) is 29.8. The minimum atomic E-state index is -0.741. The van der Waals surface area contributed by atoms with Crippen molar-refractivity contribution in [3.63, 3.8) is 0 Å². The Balaban J connectivity index is 2.16. The van der Waals surface area contributed by atoms with Crippen LogP contribution in [0.3, 0.4) is 0 Å². The highest BCUT2D eigenvalue weighted by molar-refractivity contribution is 6.46. The summed E-state index contributed by atoms with van der Waals surface area (Å²) in [5.41, 5.74) is 1.95. The lowest BCUT2D eigenvalue weighted by atomic mass is 9.93. The van der Waals surface area contributed by atoms with E-state index in [1.54, 1.807) is 38.5 Å². The van der Waals surface area contributed by atoms with Gasteiger partial charge >= 0.3 is 0 Å². The van der Waals surface area contributed by atoms with Gasteiger partial charge in [-0.15, -0.1) is 0 Å². The molecule has 0 bridgehead atoms. The molecule has 7 nitrogen and oxygen atoms in total. The molecule has 1 aliphatic heterocycles. The molecular weight excluding hydrogens is 408 g/mol. The molecule has 0 aliphatic carbocycles. The number of methoxy groups -OCH3 is 2. The standard InChI is InChI=1S/C25H30N2O5/c1-16-15-17(31-4)11-12-18(16)23(28)21-22(19-9-6-7-10-20(19)32-5)27(25(30)24(21)29)14-8-13-26(2)3/h6-7,9-12,15,22,28H,8,13-14H2,1-5H3/b23-21+/t22-/m1/s1. The van der Waals surface area contributed by atoms with Gasteiger partial charge in [0.1, 0.15) is 17.3 Å². The highest BCUT2D eigenvalue weighted by Crippen LogP contribution is 2.43. The number of benzene rings is 2. The van der Waals surface area contributed by atoms with Crippen LogP contribution >= 0.6 is 0 Å². The average Bonchev–Trinajstić information content (AvgIpc) is 3.03. The molecule has 0 radical (unpaired) electrons. The Morgan fingerprint density at radius 2 is 1.81 bits per heavy atom. The van der Waals surface area contributed by atoms with Crippen molar-refractivity contribution in [2.45, 2.75) is 19.4 Å². The number of nitrogens with zero attached hydrogens (tertiary/aromatic N) is 2. The number of likely N-dealkylation sites (tertiary alicyclic amines) is 1. The summed E-state index contributed by atoms with van der Waals surface area (Å²) in [5, 5.41) is 11.3. The Bertz CT molecular complexity index is 1040. The van der Waals surface area contributed by atoms with Gasteiger partial charge < -0.3 is 24.4 Å². The molecule has 0 spiro atoms. The van der Waals surface area contributed by atoms with Crippen molar-refractivity contribution in [3.8, 4) is 11.5 Å². The van der Waals surface area contributed by atoms with Gasteiger partial charge in [0, 0.05) is 17.7 Å². The van der Waals surface area contributed by atoms with Crippen LogP contribution in [0.25, 0.3) is 5.76 Å². The Morgan fingerprint density at radius 1 is 1.09 bits per heavy atom. The average molecular weight is 439 g/mol. The van der Waals surface area contributed by atoms with Gasteiger partial charge in [0.15, 0.2) is 0 Å². The third-order valence-electron chi connectivity index (χ3n) is 5.67. The normalized spacial score (nSPS) is 17.8. The number of carbonyl (C=O) groups is 2. The molecule has 0 unspecified atom stereocenters. The molecule has 3 rings (SSSR count). The van der Waals surface area contributed by atoms with Crippen LogP contribution < -0.4 is 9.47 Å². The zero-order chi connectivity index (χ0) is 23.4. The van der Waals surface area contributed by atoms with Crippen LogP contribution in [0.5, 0.6) is 11.5 Å². The molecule has 2 aromatic rings. The van der Waals surface area contributed by atoms with Crippen molar-refractivity contribution < 1.29 is 24.2 Å². The number of amides is 1. The summed E-state index contributed by atoms with van der Waals surface area (Å²) in [6.07, 6.45) is 0.688. The van der Waals surface area contributed by atoms with E-state index in [9.17, 15) is 14.7 Å². The summed E-state index contributed by atoms with van der Waals surface area (Å²) >= 11 is 0. The predicted molar refractivity (Wildman–Crippen MR) is 123 cm³/mol. The van der Waals surface area contributed by atoms with Crippen molar-refractivity contribution in [3.05, 3.63) is 64.7 Å². The Labute approximate surface area is 188 Å². The van der Waals surface area contributed by atoms with Crippen molar-refractivity contribution in [2.24, 2.45) is 0 Å². The molecular formula is C25H30N2O5. The number of hydrogen-bond donors (Lipinski definition) is 1. The van der Waals surface area contributed by atoms with Crippen LogP contribution in [0.4, 0.5) is 0 Å². The van der Waals surface area contributed by atoms with E-state index in [1.165, 1.54) is 4.90 Å². The maximum absolute atomic E-state index is 13.2. The molecule has 170 valence electrons. The number of aryl methyl sites for hydroxylation is 1. The SMILES string of the molecule is COc1ccc(/C(O)=C2\C(=O)C(=O)N(CCCN(C)C)[C@@H]2c2ccccc2OC)c(C)c1. The van der Waals surface area contributed by atoms with Gasteiger partial charge in [0.25, 0.3) is 11.7 Å². The monoisotopic (exact) mass is 438 g/mol. The second-order valence-electron chi connectivity index (χ2n) is 8.07. The van der Waals surface area contributed by atoms with Crippen molar-refractivity contribution in [1.29, 1.82) is 0 Å². The van der Waals surface area contributed by atoms with E-state index >= 15 is 0 Å². The van der Waals surface area contributed by atoms with Gasteiger partial charge in [0.2, 0.25) is 0 Å². The molecule has 1 fully saturated rings. The Hall–Kier alpha value is -3.32. The van der Waals surface area contributed by atoms with Crippen molar-refractivity contribution >= 4 is 17.4 Å². The number of carbonyl (C=O) groups excluding carboxylic acids is 2. The van der Waals surface area contributed by atoms with Gasteiger partial charge in [-0.2, -0.15) is 0 Å². The number of aliphatic hydroxyl groups excluding tert-OH is 1. The maximum atomic E-state index is 13.2. The summed E-state index contributed by atoms with van der Waals surface area (Å²) in [6, 6.07) is 11.7. The largest absolute Gasteiger partial charge is 0.507 e. The van der Waals surface area contributed by atoms with E-state index in [-0.39, 0.29) is 11.3 Å². The maximum Gasteiger partial charge on any atom is 0.295 e. The lowest BCUT2D eigenvalue weighted by molar-refractivity contribution is -0.140. The number of ether oxygens (including phenoxy) is 2. The lowest BCUT2D eigenvalue weighted by Gasteiger charge is -2.27. The van der Waals surface area contributed by atoms with E-state index in [4.69, 9.17) is 9.47 Å². The first-order chi connectivity index (χ1) is 15.3. The molecule has 1 heterocycles. The summed E-state index contributed by atoms with van der Waals surface area (Å²) < 4.78 is 10.8. The quantitative estimate of drug-likeness (QED) is 0.387. The third-order valence-corrected chi connectivity index (χ3v) is 5.67. The molecule has 0 aromatic heterocycles. The van der Waals surface area contributed by atoms with Crippen LogP contribution in [0, 0.1) is 6.92 Å². The van der Waals surface area contributed by atoms with Gasteiger partial charge in [0.05, 0.1) is 25.8 Å². The van der Waals surface area contributed by atoms with Gasteiger partial charge in [-0.3, -0.25) is 9.59 Å². The highest BCUT2D eigenvalue weighted by atomic mass is 16.5. The van der Waals surface area contributed by atoms with E-state index in [0.717, 1.165) is 12.1 Å². The van der Waals surface area contributed by atoms with Crippen molar-refractivity contribution in [2.75, 3.05) is 41.4 Å². The summed E-state index contributed by atoms with van der Waals surface area (Å²) in [7, 11) is 7.02. The van der Waals surface area contributed by atoms with E-state index in [2.05, 4.69) is 0 Å². The van der Waals surface area contributed by atoms with Gasteiger partial charge in [-0.1, -0.05) is 18.2 Å². The fraction of sp³-hybridized carbons (Fsp3) is 0.360. The molecule has 2 aromatic carbocycles. The zero-order valence-corrected chi connectivity index (χ0v) is 19.2. The van der Waals surface area contributed by atoms with E-state index in [1.807, 2.05) is 44.1 Å². The minimum Gasteiger partial charge on any atom is -0.507 e. The number of para-hydroxylation sites is 1. The van der Waals surface area contributed by atoms with E-state index in [0.29, 0.717) is 35.6 Å². The van der Waals surface area contributed by atoms with Gasteiger partial charge in [-0.05, 0) is 63.8 Å². The second-order valence-corrected chi connectivity index (χ2v) is 8.07. The van der Waals surface area contributed by atoms with Crippen molar-refractivity contribution in [1.82, 2.24) is 9.80 Å². The second kappa shape index (κ2) is 9.87. The Morgan fingerprint density at radius 3 is 2.44 bits per heavy atom. The number of hydrogen-bond acceptors (Lipinski definition) is 6. The number of ketones is 1. The lowest BCUT2D eigenvalue weighted by Crippen LogP contribution is -2.32. The van der Waals surface area contributed by atoms with Crippen LogP contribution in [0.15, 0.2) is 48.0 Å². The molecule has 1 amide bonds. The summed E-state index contributed by atoms with van der Waals surface area (Å²) in [6.45, 7) is 2.96. The smallest absolute Gasteiger partial charge is 0.295 e. The predicted octanol–water partition coefficient (Wildman–Crippen LogP) is 3.39. The molecule has 1 aliphatic rings. The fourth-order valence-corrected chi connectivity index (χ4v) is 4.06. The van der Waals surface area contributed by atoms with Crippen LogP contribution in [0.2, 0.25) is 0 Å². The first kappa shape index (κ1) is 23.3. The van der Waals surface area contributed by atoms with Gasteiger partial charge in [-0.25, -0.2) is 0 Å². The third kappa shape index (κ3) is 4.48. The first-order valence-electron chi connectivity index (χ1n) is 10.5. The molecule has 0 saturated carbocycles. The molecule has 1 saturated heterocycles. The number of Topliss-reactive ketones (excluding diaryl/α,β-unsaturated/α-hetero) is 1. The highest BCUT2D eigenvalue weighted by Gasteiger charge is 2.46. The van der Waals surface area contributed by atoms with Crippen LogP contribution in [0.1, 0.15) is 29.2 Å². The van der Waals surface area contributed by atoms with Crippen LogP contribution in [-0.4, -0.2) is 68.0 Å². The minimum absolute atomic E-state index is 0.0672. The number of aliphatic hydroxyl groups is 1. The summed E-state index contributed by atoms with van der Waals surface area (Å²) in [5.74, 6) is -0.320. The molecule has 1 N–H and O–H groups in total. The van der Waals surface area contributed by atoms with Crippen LogP contribution in [-0.2, 0) is 9.59 Å². The molecule has 7 heteroatoms. The Kier molecular flexibility index (Phi) is 7.20.